The molecule has 1 heterocycles. The number of halogens is 1. The number of rotatable bonds is 3. The molecule has 0 unspecified atom stereocenters. The molecule has 0 amide bonds. The number of carboxylic acid groups (broad SMARTS) is 1. The zero-order valence-electron chi connectivity index (χ0n) is 11.4. The molecule has 4 nitrogen and oxygen atoms in total. The minimum Gasteiger partial charge on any atom is -0.478 e. The Hall–Kier alpha value is -2.72. The summed E-state index contributed by atoms with van der Waals surface area (Å²) in [5.41, 5.74) is 2.44. The number of aromatic nitrogens is 2. The molecule has 3 aromatic rings. The van der Waals surface area contributed by atoms with Gasteiger partial charge in [0.15, 0.2) is 5.15 Å². The van der Waals surface area contributed by atoms with E-state index in [-0.39, 0.29) is 10.7 Å². The Kier molecular flexibility index (Phi) is 3.85. The molecule has 0 aliphatic heterocycles. The molecule has 22 heavy (non-hydrogen) atoms. The molecule has 1 aromatic heterocycles. The molecule has 0 saturated heterocycles. The van der Waals surface area contributed by atoms with Crippen LogP contribution in [0.2, 0.25) is 5.15 Å². The molecule has 0 fully saturated rings. The molecular weight excluding hydrogens is 300 g/mol. The van der Waals surface area contributed by atoms with Crippen LogP contribution in [0.25, 0.3) is 22.4 Å². The Morgan fingerprint density at radius 3 is 1.95 bits per heavy atom. The average molecular weight is 311 g/mol. The van der Waals surface area contributed by atoms with Crippen LogP contribution < -0.4 is 0 Å². The number of benzene rings is 2. The zero-order valence-corrected chi connectivity index (χ0v) is 12.2. The number of hydrogen-bond acceptors (Lipinski definition) is 3. The van der Waals surface area contributed by atoms with E-state index in [0.29, 0.717) is 11.3 Å². The van der Waals surface area contributed by atoms with Crippen LogP contribution in [-0.4, -0.2) is 21.3 Å². The van der Waals surface area contributed by atoms with E-state index in [2.05, 4.69) is 10.2 Å². The summed E-state index contributed by atoms with van der Waals surface area (Å²) in [7, 11) is 0. The van der Waals surface area contributed by atoms with Gasteiger partial charge in [0, 0.05) is 11.1 Å². The molecule has 108 valence electrons. The molecule has 0 atom stereocenters. The van der Waals surface area contributed by atoms with Gasteiger partial charge in [-0.15, -0.1) is 10.2 Å². The van der Waals surface area contributed by atoms with E-state index in [9.17, 15) is 9.90 Å². The van der Waals surface area contributed by atoms with Gasteiger partial charge in [-0.1, -0.05) is 72.3 Å². The molecular formula is C17H11ClN2O2. The predicted octanol–water partition coefficient (Wildman–Crippen LogP) is 4.16. The molecule has 2 aromatic carbocycles. The fraction of sp³-hybridized carbons (Fsp3) is 0. The molecule has 3 rings (SSSR count). The Balaban J connectivity index is 2.37. The van der Waals surface area contributed by atoms with Crippen molar-refractivity contribution in [2.75, 3.05) is 0 Å². The average Bonchev–Trinajstić information content (AvgIpc) is 2.56. The first-order valence-corrected chi connectivity index (χ1v) is 6.96. The summed E-state index contributed by atoms with van der Waals surface area (Å²) >= 11 is 5.98. The van der Waals surface area contributed by atoms with Gasteiger partial charge in [0.25, 0.3) is 0 Å². The SMILES string of the molecule is O=C(O)c1c(Cl)nnc(-c2ccccc2)c1-c1ccccc1. The summed E-state index contributed by atoms with van der Waals surface area (Å²) in [6.07, 6.45) is 0. The van der Waals surface area contributed by atoms with Gasteiger partial charge in [-0.05, 0) is 5.56 Å². The summed E-state index contributed by atoms with van der Waals surface area (Å²) in [5, 5.41) is 17.3. The maximum Gasteiger partial charge on any atom is 0.339 e. The third kappa shape index (κ3) is 2.56. The number of aromatic carboxylic acids is 1. The number of hydrogen-bond donors (Lipinski definition) is 1. The van der Waals surface area contributed by atoms with E-state index < -0.39 is 5.97 Å². The maximum atomic E-state index is 11.6. The molecule has 1 N–H and O–H groups in total. The third-order valence-electron chi connectivity index (χ3n) is 3.25. The second-order valence-corrected chi connectivity index (χ2v) is 4.98. The lowest BCUT2D eigenvalue weighted by atomic mass is 9.96. The Labute approximate surface area is 132 Å². The van der Waals surface area contributed by atoms with Crippen LogP contribution >= 0.6 is 11.6 Å². The topological polar surface area (TPSA) is 63.1 Å². The highest BCUT2D eigenvalue weighted by Crippen LogP contribution is 2.35. The standard InChI is InChI=1S/C17H11ClN2O2/c18-16-14(17(21)22)13(11-7-3-1-4-8-11)15(19-20-16)12-9-5-2-6-10-12/h1-10H,(H,21,22). The first-order valence-electron chi connectivity index (χ1n) is 6.59. The van der Waals surface area contributed by atoms with E-state index in [1.165, 1.54) is 0 Å². The lowest BCUT2D eigenvalue weighted by molar-refractivity contribution is 0.0697. The summed E-state index contributed by atoms with van der Waals surface area (Å²) < 4.78 is 0. The van der Waals surface area contributed by atoms with Crippen LogP contribution in [-0.2, 0) is 0 Å². The van der Waals surface area contributed by atoms with E-state index in [4.69, 9.17) is 11.6 Å². The van der Waals surface area contributed by atoms with Crippen molar-refractivity contribution in [3.63, 3.8) is 0 Å². The molecule has 0 aliphatic rings. The highest BCUT2D eigenvalue weighted by atomic mass is 35.5. The Morgan fingerprint density at radius 1 is 0.864 bits per heavy atom. The van der Waals surface area contributed by atoms with Crippen LogP contribution in [0.4, 0.5) is 0 Å². The van der Waals surface area contributed by atoms with Crippen LogP contribution in [0.5, 0.6) is 0 Å². The fourth-order valence-corrected chi connectivity index (χ4v) is 2.51. The van der Waals surface area contributed by atoms with E-state index in [0.717, 1.165) is 11.1 Å². The molecule has 0 bridgehead atoms. The van der Waals surface area contributed by atoms with Crippen molar-refractivity contribution in [3.05, 3.63) is 71.4 Å². The van der Waals surface area contributed by atoms with Gasteiger partial charge >= 0.3 is 5.97 Å². The van der Waals surface area contributed by atoms with Crippen molar-refractivity contribution < 1.29 is 9.90 Å². The van der Waals surface area contributed by atoms with Crippen LogP contribution in [0.3, 0.4) is 0 Å². The Bertz CT molecular complexity index is 821. The fourth-order valence-electron chi connectivity index (χ4n) is 2.29. The predicted molar refractivity (Wildman–Crippen MR) is 84.9 cm³/mol. The Morgan fingerprint density at radius 2 is 1.41 bits per heavy atom. The van der Waals surface area contributed by atoms with Crippen LogP contribution in [0.1, 0.15) is 10.4 Å². The van der Waals surface area contributed by atoms with Gasteiger partial charge < -0.3 is 5.11 Å². The van der Waals surface area contributed by atoms with Crippen molar-refractivity contribution in [2.45, 2.75) is 0 Å². The third-order valence-corrected chi connectivity index (χ3v) is 3.52. The minimum absolute atomic E-state index is 0.0401. The van der Waals surface area contributed by atoms with Gasteiger partial charge in [0.2, 0.25) is 0 Å². The molecule has 5 heteroatoms. The summed E-state index contributed by atoms with van der Waals surface area (Å²) in [6.45, 7) is 0. The second kappa shape index (κ2) is 5.95. The van der Waals surface area contributed by atoms with E-state index in [1.54, 1.807) is 0 Å². The van der Waals surface area contributed by atoms with Gasteiger partial charge in [-0.25, -0.2) is 4.79 Å². The first-order chi connectivity index (χ1) is 10.7. The summed E-state index contributed by atoms with van der Waals surface area (Å²) in [4.78, 5) is 11.6. The highest BCUT2D eigenvalue weighted by molar-refractivity contribution is 6.33. The number of carboxylic acids is 1. The monoisotopic (exact) mass is 310 g/mol. The van der Waals surface area contributed by atoms with Crippen LogP contribution in [0.15, 0.2) is 60.7 Å². The number of nitrogens with zero attached hydrogens (tertiary/aromatic N) is 2. The quantitative estimate of drug-likeness (QED) is 0.789. The highest BCUT2D eigenvalue weighted by Gasteiger charge is 2.22. The minimum atomic E-state index is -1.13. The van der Waals surface area contributed by atoms with Crippen molar-refractivity contribution in [1.82, 2.24) is 10.2 Å². The van der Waals surface area contributed by atoms with Crippen molar-refractivity contribution >= 4 is 17.6 Å². The molecule has 0 saturated carbocycles. The van der Waals surface area contributed by atoms with Crippen molar-refractivity contribution in [3.8, 4) is 22.4 Å². The summed E-state index contributed by atoms with van der Waals surface area (Å²) in [6, 6.07) is 18.5. The lowest BCUT2D eigenvalue weighted by Gasteiger charge is -2.12. The normalized spacial score (nSPS) is 10.4. The first kappa shape index (κ1) is 14.2. The smallest absolute Gasteiger partial charge is 0.339 e. The zero-order chi connectivity index (χ0) is 15.5. The molecule has 0 spiro atoms. The number of carbonyl (C=O) groups is 1. The van der Waals surface area contributed by atoms with E-state index in [1.807, 2.05) is 60.7 Å². The van der Waals surface area contributed by atoms with Crippen molar-refractivity contribution in [1.29, 1.82) is 0 Å². The molecule has 0 aliphatic carbocycles. The second-order valence-electron chi connectivity index (χ2n) is 4.63. The maximum absolute atomic E-state index is 11.6. The summed E-state index contributed by atoms with van der Waals surface area (Å²) in [5.74, 6) is -1.13. The van der Waals surface area contributed by atoms with Crippen LogP contribution in [0, 0.1) is 0 Å². The van der Waals surface area contributed by atoms with E-state index >= 15 is 0 Å². The van der Waals surface area contributed by atoms with Gasteiger partial charge in [0.05, 0.1) is 0 Å². The van der Waals surface area contributed by atoms with Crippen molar-refractivity contribution in [2.24, 2.45) is 0 Å². The van der Waals surface area contributed by atoms with Gasteiger partial charge in [-0.3, -0.25) is 0 Å². The van der Waals surface area contributed by atoms with Gasteiger partial charge in [-0.2, -0.15) is 0 Å². The lowest BCUT2D eigenvalue weighted by Crippen LogP contribution is -2.06. The largest absolute Gasteiger partial charge is 0.478 e. The van der Waals surface area contributed by atoms with Gasteiger partial charge in [0.1, 0.15) is 11.3 Å². The molecule has 0 radical (unpaired) electrons.